The third-order valence-electron chi connectivity index (χ3n) is 3.83. The van der Waals surface area contributed by atoms with Crippen molar-refractivity contribution in [1.82, 2.24) is 0 Å². The molecule has 0 radical (unpaired) electrons. The summed E-state index contributed by atoms with van der Waals surface area (Å²) < 4.78 is 11.5. The standard InChI is InChI=1S/C14H19NO2S/c1-9-6-14(8-18-9)7-12(15)11-5-10(16-2)3-4-13(11)17-14/h3-5,9,12H,6-8,15H2,1-2H3. The minimum Gasteiger partial charge on any atom is -0.497 e. The molecule has 0 amide bonds. The second-order valence-electron chi connectivity index (χ2n) is 5.33. The average Bonchev–Trinajstić information content (AvgIpc) is 2.70. The predicted molar refractivity (Wildman–Crippen MR) is 74.4 cm³/mol. The lowest BCUT2D eigenvalue weighted by molar-refractivity contribution is 0.0574. The van der Waals surface area contributed by atoms with Gasteiger partial charge in [0, 0.05) is 29.0 Å². The molecule has 1 aromatic rings. The first-order valence-corrected chi connectivity index (χ1v) is 7.41. The lowest BCUT2D eigenvalue weighted by Gasteiger charge is -2.38. The molecule has 4 heteroatoms. The highest BCUT2D eigenvalue weighted by molar-refractivity contribution is 8.00. The van der Waals surface area contributed by atoms with E-state index in [9.17, 15) is 0 Å². The summed E-state index contributed by atoms with van der Waals surface area (Å²) in [5.41, 5.74) is 7.35. The van der Waals surface area contributed by atoms with E-state index in [2.05, 4.69) is 6.92 Å². The number of nitrogens with two attached hydrogens (primary N) is 1. The molecule has 2 N–H and O–H groups in total. The van der Waals surface area contributed by atoms with E-state index in [0.717, 1.165) is 35.7 Å². The molecule has 3 nitrogen and oxygen atoms in total. The molecule has 2 aliphatic heterocycles. The summed E-state index contributed by atoms with van der Waals surface area (Å²) in [7, 11) is 1.67. The highest BCUT2D eigenvalue weighted by Gasteiger charge is 2.45. The third-order valence-corrected chi connectivity index (χ3v) is 5.25. The van der Waals surface area contributed by atoms with Crippen LogP contribution in [0.2, 0.25) is 0 Å². The summed E-state index contributed by atoms with van der Waals surface area (Å²) in [5, 5.41) is 0.664. The molecule has 1 fully saturated rings. The Morgan fingerprint density at radius 3 is 2.94 bits per heavy atom. The molecule has 1 aromatic carbocycles. The van der Waals surface area contributed by atoms with Crippen LogP contribution in [0.25, 0.3) is 0 Å². The zero-order valence-corrected chi connectivity index (χ0v) is 11.6. The Balaban J connectivity index is 1.93. The van der Waals surface area contributed by atoms with Gasteiger partial charge in [-0.25, -0.2) is 0 Å². The lowest BCUT2D eigenvalue weighted by atomic mass is 9.86. The van der Waals surface area contributed by atoms with Gasteiger partial charge in [-0.3, -0.25) is 0 Å². The molecule has 3 rings (SSSR count). The van der Waals surface area contributed by atoms with E-state index in [4.69, 9.17) is 15.2 Å². The molecule has 0 saturated carbocycles. The first kappa shape index (κ1) is 12.2. The van der Waals surface area contributed by atoms with Gasteiger partial charge in [0.2, 0.25) is 0 Å². The van der Waals surface area contributed by atoms with Gasteiger partial charge in [0.15, 0.2) is 0 Å². The highest BCUT2D eigenvalue weighted by Crippen LogP contribution is 2.48. The fourth-order valence-corrected chi connectivity index (χ4v) is 4.28. The van der Waals surface area contributed by atoms with Crippen molar-refractivity contribution in [3.8, 4) is 11.5 Å². The molecule has 0 aliphatic carbocycles. The Morgan fingerprint density at radius 1 is 1.44 bits per heavy atom. The van der Waals surface area contributed by atoms with Crippen LogP contribution in [0.5, 0.6) is 11.5 Å². The number of methoxy groups -OCH3 is 1. The van der Waals surface area contributed by atoms with Crippen LogP contribution in [-0.4, -0.2) is 23.7 Å². The van der Waals surface area contributed by atoms with E-state index in [1.54, 1.807) is 7.11 Å². The Kier molecular flexibility index (Phi) is 2.94. The normalized spacial score (nSPS) is 34.2. The van der Waals surface area contributed by atoms with Crippen LogP contribution in [0, 0.1) is 0 Å². The summed E-state index contributed by atoms with van der Waals surface area (Å²) in [6, 6.07) is 5.98. The van der Waals surface area contributed by atoms with Crippen LogP contribution in [0.15, 0.2) is 18.2 Å². The second kappa shape index (κ2) is 4.35. The summed E-state index contributed by atoms with van der Waals surface area (Å²) in [6.07, 6.45) is 2.00. The number of rotatable bonds is 1. The van der Waals surface area contributed by atoms with E-state index in [1.807, 2.05) is 30.0 Å². The van der Waals surface area contributed by atoms with E-state index >= 15 is 0 Å². The maximum Gasteiger partial charge on any atom is 0.125 e. The van der Waals surface area contributed by atoms with Gasteiger partial charge < -0.3 is 15.2 Å². The topological polar surface area (TPSA) is 44.5 Å². The fraction of sp³-hybridized carbons (Fsp3) is 0.571. The highest BCUT2D eigenvalue weighted by atomic mass is 32.2. The molecule has 1 spiro atoms. The van der Waals surface area contributed by atoms with Crippen LogP contribution in [-0.2, 0) is 0 Å². The first-order chi connectivity index (χ1) is 8.62. The predicted octanol–water partition coefficient (Wildman–Crippen LogP) is 2.74. The van der Waals surface area contributed by atoms with Crippen molar-refractivity contribution in [2.24, 2.45) is 5.73 Å². The monoisotopic (exact) mass is 265 g/mol. The Hall–Kier alpha value is -0.870. The summed E-state index contributed by atoms with van der Waals surface area (Å²) in [5.74, 6) is 2.83. The number of hydrogen-bond donors (Lipinski definition) is 1. The molecule has 0 aromatic heterocycles. The van der Waals surface area contributed by atoms with Crippen molar-refractivity contribution < 1.29 is 9.47 Å². The summed E-state index contributed by atoms with van der Waals surface area (Å²) >= 11 is 1.98. The molecule has 2 heterocycles. The van der Waals surface area contributed by atoms with Crippen molar-refractivity contribution in [1.29, 1.82) is 0 Å². The minimum absolute atomic E-state index is 0.0505. The van der Waals surface area contributed by atoms with E-state index in [1.165, 1.54) is 0 Å². The smallest absolute Gasteiger partial charge is 0.125 e. The van der Waals surface area contributed by atoms with E-state index in [0.29, 0.717) is 5.25 Å². The van der Waals surface area contributed by atoms with Gasteiger partial charge in [-0.15, -0.1) is 0 Å². The first-order valence-electron chi connectivity index (χ1n) is 6.36. The third kappa shape index (κ3) is 1.97. The minimum atomic E-state index is -0.0505. The molecule has 1 saturated heterocycles. The molecular formula is C14H19NO2S. The fourth-order valence-electron chi connectivity index (χ4n) is 2.97. The molecular weight excluding hydrogens is 246 g/mol. The van der Waals surface area contributed by atoms with Crippen molar-refractivity contribution >= 4 is 11.8 Å². The van der Waals surface area contributed by atoms with Crippen LogP contribution in [0.4, 0.5) is 0 Å². The van der Waals surface area contributed by atoms with E-state index in [-0.39, 0.29) is 11.6 Å². The Morgan fingerprint density at radius 2 is 2.28 bits per heavy atom. The van der Waals surface area contributed by atoms with Gasteiger partial charge >= 0.3 is 0 Å². The number of ether oxygens (including phenoxy) is 2. The maximum absolute atomic E-state index is 6.33. The van der Waals surface area contributed by atoms with Crippen molar-refractivity contribution in [3.63, 3.8) is 0 Å². The molecule has 18 heavy (non-hydrogen) atoms. The zero-order chi connectivity index (χ0) is 12.8. The van der Waals surface area contributed by atoms with Crippen LogP contribution in [0.3, 0.4) is 0 Å². The van der Waals surface area contributed by atoms with E-state index < -0.39 is 0 Å². The van der Waals surface area contributed by atoms with Gasteiger partial charge in [0.1, 0.15) is 17.1 Å². The van der Waals surface area contributed by atoms with Crippen molar-refractivity contribution in [3.05, 3.63) is 23.8 Å². The zero-order valence-electron chi connectivity index (χ0n) is 10.8. The van der Waals surface area contributed by atoms with Crippen molar-refractivity contribution in [2.75, 3.05) is 12.9 Å². The molecule has 3 atom stereocenters. The second-order valence-corrected chi connectivity index (χ2v) is 6.75. The molecule has 98 valence electrons. The Labute approximate surface area is 112 Å². The quantitative estimate of drug-likeness (QED) is 0.848. The molecule has 0 bridgehead atoms. The maximum atomic E-state index is 6.33. The summed E-state index contributed by atoms with van der Waals surface area (Å²) in [6.45, 7) is 2.26. The van der Waals surface area contributed by atoms with Gasteiger partial charge in [0.25, 0.3) is 0 Å². The van der Waals surface area contributed by atoms with Crippen LogP contribution >= 0.6 is 11.8 Å². The van der Waals surface area contributed by atoms with Gasteiger partial charge in [-0.05, 0) is 24.6 Å². The lowest BCUT2D eigenvalue weighted by Crippen LogP contribution is -2.43. The number of benzene rings is 1. The van der Waals surface area contributed by atoms with Crippen LogP contribution in [0.1, 0.15) is 31.4 Å². The number of fused-ring (bicyclic) bond motifs is 1. The summed E-state index contributed by atoms with van der Waals surface area (Å²) in [4.78, 5) is 0. The number of thioether (sulfide) groups is 1. The van der Waals surface area contributed by atoms with Crippen molar-refractivity contribution in [2.45, 2.75) is 36.7 Å². The van der Waals surface area contributed by atoms with Crippen LogP contribution < -0.4 is 15.2 Å². The van der Waals surface area contributed by atoms with Gasteiger partial charge in [0.05, 0.1) is 7.11 Å². The van der Waals surface area contributed by atoms with Gasteiger partial charge in [-0.2, -0.15) is 11.8 Å². The molecule has 3 unspecified atom stereocenters. The Bertz CT molecular complexity index is 465. The number of hydrogen-bond acceptors (Lipinski definition) is 4. The average molecular weight is 265 g/mol. The van der Waals surface area contributed by atoms with Gasteiger partial charge in [-0.1, -0.05) is 6.92 Å². The largest absolute Gasteiger partial charge is 0.497 e. The molecule has 2 aliphatic rings. The SMILES string of the molecule is COc1ccc2c(c1)C(N)CC1(CSC(C)C1)O2.